The highest BCUT2D eigenvalue weighted by Crippen LogP contribution is 2.30. The molecule has 1 N–H and O–H groups in total. The molecule has 1 aliphatic carbocycles. The summed E-state index contributed by atoms with van der Waals surface area (Å²) >= 11 is 1.86. The van der Waals surface area contributed by atoms with Crippen LogP contribution in [-0.4, -0.2) is 47.0 Å². The third-order valence-corrected chi connectivity index (χ3v) is 5.51. The first-order valence-electron chi connectivity index (χ1n) is 7.78. The third kappa shape index (κ3) is 4.60. The number of rotatable bonds is 6. The number of carbonyl (C=O) groups excluding carboxylic acids is 1. The number of nitro benzene ring substituents is 1. The van der Waals surface area contributed by atoms with Gasteiger partial charge in [-0.05, 0) is 31.9 Å². The van der Waals surface area contributed by atoms with E-state index in [2.05, 4.69) is 11.6 Å². The van der Waals surface area contributed by atoms with Gasteiger partial charge in [0.1, 0.15) is 0 Å². The fourth-order valence-corrected chi connectivity index (χ4v) is 3.76. The molecule has 0 radical (unpaired) electrons. The van der Waals surface area contributed by atoms with Crippen LogP contribution in [0.3, 0.4) is 0 Å². The lowest BCUT2D eigenvalue weighted by Gasteiger charge is -2.25. The van der Waals surface area contributed by atoms with Gasteiger partial charge in [0.2, 0.25) is 0 Å². The van der Waals surface area contributed by atoms with E-state index in [1.165, 1.54) is 6.07 Å². The molecule has 1 aromatic rings. The highest BCUT2D eigenvalue weighted by atomic mass is 32.2. The maximum absolute atomic E-state index is 12.2. The standard InChI is InChI=1S/C16H23N3O3S/c1-18(13-7-8-14(11-13)23-2)16(20)17-10-9-12-5-3-4-6-15(12)19(21)22/h3-6,13-14H,7-11H2,1-2H3,(H,17,20). The number of thioether (sulfide) groups is 1. The van der Waals surface area contributed by atoms with Gasteiger partial charge in [0.25, 0.3) is 5.69 Å². The van der Waals surface area contributed by atoms with E-state index in [9.17, 15) is 14.9 Å². The topological polar surface area (TPSA) is 75.5 Å². The fraction of sp³-hybridized carbons (Fsp3) is 0.562. The van der Waals surface area contributed by atoms with Crippen LogP contribution in [0.4, 0.5) is 10.5 Å². The Bertz CT molecular complexity index is 567. The number of nitrogens with zero attached hydrogens (tertiary/aromatic N) is 2. The largest absolute Gasteiger partial charge is 0.338 e. The van der Waals surface area contributed by atoms with Crippen LogP contribution in [0.15, 0.2) is 24.3 Å². The number of amides is 2. The van der Waals surface area contributed by atoms with Gasteiger partial charge in [-0.1, -0.05) is 18.2 Å². The van der Waals surface area contributed by atoms with Crippen LogP contribution in [-0.2, 0) is 6.42 Å². The molecule has 0 aromatic heterocycles. The Labute approximate surface area is 140 Å². The van der Waals surface area contributed by atoms with Gasteiger partial charge in [0.05, 0.1) is 4.92 Å². The van der Waals surface area contributed by atoms with E-state index in [0.29, 0.717) is 29.8 Å². The van der Waals surface area contributed by atoms with Crippen molar-refractivity contribution in [1.82, 2.24) is 10.2 Å². The van der Waals surface area contributed by atoms with Crippen molar-refractivity contribution >= 4 is 23.5 Å². The first-order valence-corrected chi connectivity index (χ1v) is 9.07. The number of para-hydroxylation sites is 1. The van der Waals surface area contributed by atoms with Gasteiger partial charge in [-0.15, -0.1) is 0 Å². The zero-order chi connectivity index (χ0) is 16.8. The molecule has 0 heterocycles. The summed E-state index contributed by atoms with van der Waals surface area (Å²) < 4.78 is 0. The zero-order valence-corrected chi connectivity index (χ0v) is 14.3. The van der Waals surface area contributed by atoms with Gasteiger partial charge in [0.15, 0.2) is 0 Å². The monoisotopic (exact) mass is 337 g/mol. The number of benzene rings is 1. The Morgan fingerprint density at radius 3 is 2.83 bits per heavy atom. The Hall–Kier alpha value is -1.76. The van der Waals surface area contributed by atoms with Crippen molar-refractivity contribution in [3.63, 3.8) is 0 Å². The molecular formula is C16H23N3O3S. The summed E-state index contributed by atoms with van der Waals surface area (Å²) in [7, 11) is 1.83. The van der Waals surface area contributed by atoms with Crippen molar-refractivity contribution in [2.75, 3.05) is 19.8 Å². The van der Waals surface area contributed by atoms with Gasteiger partial charge in [-0.3, -0.25) is 10.1 Å². The number of carbonyl (C=O) groups is 1. The summed E-state index contributed by atoms with van der Waals surface area (Å²) in [5.74, 6) is 0. The molecule has 23 heavy (non-hydrogen) atoms. The number of hydrogen-bond donors (Lipinski definition) is 1. The van der Waals surface area contributed by atoms with Crippen molar-refractivity contribution < 1.29 is 9.72 Å². The van der Waals surface area contributed by atoms with Gasteiger partial charge in [-0.2, -0.15) is 11.8 Å². The second kappa shape index (κ2) is 8.19. The first kappa shape index (κ1) is 17.6. The predicted molar refractivity (Wildman–Crippen MR) is 92.9 cm³/mol. The van der Waals surface area contributed by atoms with Gasteiger partial charge >= 0.3 is 6.03 Å². The van der Waals surface area contributed by atoms with E-state index in [4.69, 9.17) is 0 Å². The van der Waals surface area contributed by atoms with E-state index in [1.54, 1.807) is 23.1 Å². The first-order chi connectivity index (χ1) is 11.0. The smallest absolute Gasteiger partial charge is 0.317 e. The van der Waals surface area contributed by atoms with Crippen LogP contribution in [0.2, 0.25) is 0 Å². The summed E-state index contributed by atoms with van der Waals surface area (Å²) in [5, 5.41) is 14.5. The highest BCUT2D eigenvalue weighted by molar-refractivity contribution is 7.99. The number of nitro groups is 1. The van der Waals surface area contributed by atoms with Crippen molar-refractivity contribution in [2.24, 2.45) is 0 Å². The van der Waals surface area contributed by atoms with Gasteiger partial charge in [0, 0.05) is 36.5 Å². The summed E-state index contributed by atoms with van der Waals surface area (Å²) in [6, 6.07) is 6.83. The van der Waals surface area contributed by atoms with Crippen LogP contribution >= 0.6 is 11.8 Å². The summed E-state index contributed by atoms with van der Waals surface area (Å²) in [4.78, 5) is 24.6. The molecule has 0 bridgehead atoms. The minimum Gasteiger partial charge on any atom is -0.338 e. The number of nitrogens with one attached hydrogen (secondary N) is 1. The van der Waals surface area contributed by atoms with Crippen molar-refractivity contribution in [1.29, 1.82) is 0 Å². The Kier molecular flexibility index (Phi) is 6.27. The minimum absolute atomic E-state index is 0.102. The summed E-state index contributed by atoms with van der Waals surface area (Å²) in [5.41, 5.74) is 0.748. The molecule has 2 amide bonds. The molecular weight excluding hydrogens is 314 g/mol. The van der Waals surface area contributed by atoms with Crippen molar-refractivity contribution in [2.45, 2.75) is 37.0 Å². The molecule has 7 heteroatoms. The molecule has 1 saturated carbocycles. The number of hydrogen-bond acceptors (Lipinski definition) is 4. The second-order valence-corrected chi connectivity index (χ2v) is 6.94. The Morgan fingerprint density at radius 1 is 1.43 bits per heavy atom. The van der Waals surface area contributed by atoms with E-state index >= 15 is 0 Å². The third-order valence-electron chi connectivity index (χ3n) is 4.42. The lowest BCUT2D eigenvalue weighted by Crippen LogP contribution is -2.43. The SMILES string of the molecule is CSC1CCC(N(C)C(=O)NCCc2ccccc2[N+](=O)[O-])C1. The Balaban J connectivity index is 1.82. The average Bonchev–Trinajstić information content (AvgIpc) is 3.03. The molecule has 6 nitrogen and oxygen atoms in total. The summed E-state index contributed by atoms with van der Waals surface area (Å²) in [6.07, 6.45) is 5.79. The minimum atomic E-state index is -0.385. The average molecular weight is 337 g/mol. The highest BCUT2D eigenvalue weighted by Gasteiger charge is 2.29. The molecule has 0 saturated heterocycles. The van der Waals surface area contributed by atoms with Crippen LogP contribution in [0.25, 0.3) is 0 Å². The van der Waals surface area contributed by atoms with E-state index in [-0.39, 0.29) is 16.6 Å². The fourth-order valence-electron chi connectivity index (χ4n) is 2.98. The van der Waals surface area contributed by atoms with E-state index in [0.717, 1.165) is 19.3 Å². The quantitative estimate of drug-likeness (QED) is 0.639. The lowest BCUT2D eigenvalue weighted by atomic mass is 10.1. The molecule has 1 aromatic carbocycles. The molecule has 0 spiro atoms. The van der Waals surface area contributed by atoms with Crippen molar-refractivity contribution in [3.05, 3.63) is 39.9 Å². The zero-order valence-electron chi connectivity index (χ0n) is 13.5. The van der Waals surface area contributed by atoms with E-state index in [1.807, 2.05) is 18.8 Å². The second-order valence-electron chi connectivity index (χ2n) is 5.80. The summed E-state index contributed by atoms with van der Waals surface area (Å²) in [6.45, 7) is 0.396. The van der Waals surface area contributed by atoms with Crippen LogP contribution in [0.1, 0.15) is 24.8 Å². The van der Waals surface area contributed by atoms with Crippen molar-refractivity contribution in [3.8, 4) is 0 Å². The molecule has 2 unspecified atom stereocenters. The Morgan fingerprint density at radius 2 is 2.17 bits per heavy atom. The van der Waals surface area contributed by atoms with E-state index < -0.39 is 0 Å². The normalized spacial score (nSPS) is 20.3. The van der Waals surface area contributed by atoms with Crippen LogP contribution in [0.5, 0.6) is 0 Å². The molecule has 1 fully saturated rings. The van der Waals surface area contributed by atoms with Crippen LogP contribution < -0.4 is 5.32 Å². The molecule has 1 aliphatic rings. The van der Waals surface area contributed by atoms with Gasteiger partial charge in [-0.25, -0.2) is 4.79 Å². The lowest BCUT2D eigenvalue weighted by molar-refractivity contribution is -0.385. The molecule has 0 aliphatic heterocycles. The van der Waals surface area contributed by atoms with Gasteiger partial charge < -0.3 is 10.2 Å². The van der Waals surface area contributed by atoms with Crippen LogP contribution in [0, 0.1) is 10.1 Å². The maximum Gasteiger partial charge on any atom is 0.317 e. The molecule has 126 valence electrons. The number of urea groups is 1. The molecule has 2 atom stereocenters. The maximum atomic E-state index is 12.2. The predicted octanol–water partition coefficient (Wildman–Crippen LogP) is 3.06. The molecule has 2 rings (SSSR count).